The van der Waals surface area contributed by atoms with E-state index in [2.05, 4.69) is 15.5 Å². The van der Waals surface area contributed by atoms with Crippen molar-refractivity contribution in [2.75, 3.05) is 38.2 Å². The van der Waals surface area contributed by atoms with Crippen molar-refractivity contribution >= 4 is 23.5 Å². The van der Waals surface area contributed by atoms with Gasteiger partial charge >= 0.3 is 6.03 Å². The first-order valence-electron chi connectivity index (χ1n) is 8.72. The fraction of sp³-hybridized carbons (Fsp3) is 0.500. The lowest BCUT2D eigenvalue weighted by Gasteiger charge is -2.36. The van der Waals surface area contributed by atoms with Crippen molar-refractivity contribution in [1.29, 1.82) is 0 Å². The number of hydrogen-bond acceptors (Lipinski definition) is 5. The summed E-state index contributed by atoms with van der Waals surface area (Å²) in [5, 5.41) is 4.80. The Morgan fingerprint density at radius 1 is 1.15 bits per heavy atom. The highest BCUT2D eigenvalue weighted by atomic mass is 16.5. The third-order valence-corrected chi connectivity index (χ3v) is 5.03. The molecule has 2 N–H and O–H groups in total. The molecule has 0 radical (unpaired) electrons. The molecule has 3 rings (SSSR count). The van der Waals surface area contributed by atoms with Crippen molar-refractivity contribution < 1.29 is 19.1 Å². The second-order valence-corrected chi connectivity index (χ2v) is 6.81. The predicted molar refractivity (Wildman–Crippen MR) is 96.1 cm³/mol. The summed E-state index contributed by atoms with van der Waals surface area (Å²) in [6, 6.07) is 7.37. The summed E-state index contributed by atoms with van der Waals surface area (Å²) in [6.07, 6.45) is 0.523. The lowest BCUT2D eigenvalue weighted by Crippen LogP contribution is -2.50. The number of anilines is 1. The number of carbonyl (C=O) groups excluding carboxylic acids is 3. The van der Waals surface area contributed by atoms with Gasteiger partial charge in [0.25, 0.3) is 5.91 Å². The maximum atomic E-state index is 12.5. The van der Waals surface area contributed by atoms with Crippen LogP contribution in [0.2, 0.25) is 0 Å². The van der Waals surface area contributed by atoms with Crippen molar-refractivity contribution in [2.45, 2.75) is 25.3 Å². The number of nitrogens with zero attached hydrogens (tertiary/aromatic N) is 2. The molecule has 2 heterocycles. The number of benzene rings is 1. The maximum Gasteiger partial charge on any atom is 0.322 e. The number of nitrogens with one attached hydrogen (secondary N) is 2. The summed E-state index contributed by atoms with van der Waals surface area (Å²) in [7, 11) is 1.64. The lowest BCUT2D eigenvalue weighted by molar-refractivity contribution is -0.132. The van der Waals surface area contributed by atoms with Gasteiger partial charge in [-0.25, -0.2) is 4.79 Å². The van der Waals surface area contributed by atoms with E-state index in [1.54, 1.807) is 14.0 Å². The molecule has 1 aromatic rings. The molecule has 2 saturated heterocycles. The van der Waals surface area contributed by atoms with Gasteiger partial charge in [0.05, 0.1) is 7.11 Å². The van der Waals surface area contributed by atoms with Crippen LogP contribution >= 0.6 is 0 Å². The number of methoxy groups -OCH3 is 1. The van der Waals surface area contributed by atoms with Crippen LogP contribution in [-0.4, -0.2) is 61.6 Å². The van der Waals surface area contributed by atoms with E-state index in [0.717, 1.165) is 24.5 Å². The van der Waals surface area contributed by atoms with Crippen molar-refractivity contribution in [3.8, 4) is 5.75 Å². The lowest BCUT2D eigenvalue weighted by atomic mass is 9.96. The molecular weight excluding hydrogens is 336 g/mol. The quantitative estimate of drug-likeness (QED) is 0.755. The van der Waals surface area contributed by atoms with Crippen LogP contribution in [0.15, 0.2) is 24.3 Å². The van der Waals surface area contributed by atoms with E-state index in [-0.39, 0.29) is 18.2 Å². The normalized spacial score (nSPS) is 22.8. The Morgan fingerprint density at radius 2 is 1.81 bits per heavy atom. The third kappa shape index (κ3) is 3.74. The van der Waals surface area contributed by atoms with Crippen molar-refractivity contribution in [3.05, 3.63) is 24.3 Å². The minimum absolute atomic E-state index is 0.00885. The predicted octanol–water partition coefficient (Wildman–Crippen LogP) is 0.722. The molecule has 8 heteroatoms. The zero-order chi connectivity index (χ0) is 18.7. The third-order valence-electron chi connectivity index (χ3n) is 5.03. The van der Waals surface area contributed by atoms with E-state index < -0.39 is 11.6 Å². The first kappa shape index (κ1) is 18.0. The molecule has 4 amide bonds. The van der Waals surface area contributed by atoms with Crippen LogP contribution < -0.4 is 20.3 Å². The highest BCUT2D eigenvalue weighted by molar-refractivity contribution is 6.06. The molecule has 1 unspecified atom stereocenters. The van der Waals surface area contributed by atoms with Gasteiger partial charge in [0.1, 0.15) is 11.3 Å². The molecule has 0 bridgehead atoms. The smallest absolute Gasteiger partial charge is 0.322 e. The second-order valence-electron chi connectivity index (χ2n) is 6.81. The Morgan fingerprint density at radius 3 is 2.35 bits per heavy atom. The van der Waals surface area contributed by atoms with Crippen LogP contribution in [0.4, 0.5) is 10.5 Å². The van der Waals surface area contributed by atoms with E-state index in [1.807, 2.05) is 29.2 Å². The van der Waals surface area contributed by atoms with E-state index >= 15 is 0 Å². The molecule has 140 valence electrons. The first-order valence-corrected chi connectivity index (χ1v) is 8.72. The average Bonchev–Trinajstić information content (AvgIpc) is 2.92. The number of rotatable bonds is 5. The molecule has 1 aromatic carbocycles. The van der Waals surface area contributed by atoms with Crippen LogP contribution in [0.5, 0.6) is 5.75 Å². The minimum atomic E-state index is -1.00. The highest BCUT2D eigenvalue weighted by Crippen LogP contribution is 2.22. The van der Waals surface area contributed by atoms with Crippen LogP contribution in [0, 0.1) is 0 Å². The van der Waals surface area contributed by atoms with E-state index in [4.69, 9.17) is 4.74 Å². The Kier molecular flexibility index (Phi) is 5.01. The summed E-state index contributed by atoms with van der Waals surface area (Å²) in [6.45, 7) is 4.43. The Hall–Kier alpha value is -2.77. The minimum Gasteiger partial charge on any atom is -0.497 e. The summed E-state index contributed by atoms with van der Waals surface area (Å²) in [5.41, 5.74) is 0.105. The summed E-state index contributed by atoms with van der Waals surface area (Å²) >= 11 is 0. The molecule has 26 heavy (non-hydrogen) atoms. The highest BCUT2D eigenvalue weighted by Gasteiger charge is 2.42. The number of carbonyl (C=O) groups is 3. The van der Waals surface area contributed by atoms with Crippen molar-refractivity contribution in [1.82, 2.24) is 15.5 Å². The molecule has 0 aliphatic carbocycles. The van der Waals surface area contributed by atoms with Gasteiger partial charge in [-0.05, 0) is 37.6 Å². The van der Waals surface area contributed by atoms with Crippen LogP contribution in [-0.2, 0) is 9.59 Å². The van der Waals surface area contributed by atoms with E-state index in [1.165, 1.54) is 0 Å². The van der Waals surface area contributed by atoms with Crippen molar-refractivity contribution in [3.63, 3.8) is 0 Å². The molecule has 2 aliphatic rings. The summed E-state index contributed by atoms with van der Waals surface area (Å²) in [5.74, 6) is 0.452. The van der Waals surface area contributed by atoms with E-state index in [9.17, 15) is 14.4 Å². The van der Waals surface area contributed by atoms with Gasteiger partial charge in [-0.3, -0.25) is 14.9 Å². The monoisotopic (exact) mass is 360 g/mol. The molecule has 8 nitrogen and oxygen atoms in total. The van der Waals surface area contributed by atoms with Gasteiger partial charge in [-0.15, -0.1) is 0 Å². The van der Waals surface area contributed by atoms with Gasteiger partial charge in [0, 0.05) is 38.3 Å². The van der Waals surface area contributed by atoms with Crippen LogP contribution in [0.1, 0.15) is 19.8 Å². The van der Waals surface area contributed by atoms with Gasteiger partial charge in [0.2, 0.25) is 5.91 Å². The summed E-state index contributed by atoms with van der Waals surface area (Å²) < 4.78 is 5.17. The zero-order valence-electron chi connectivity index (χ0n) is 15.1. The number of piperazine rings is 1. The maximum absolute atomic E-state index is 12.5. The second kappa shape index (κ2) is 7.23. The molecule has 0 aromatic heterocycles. The largest absolute Gasteiger partial charge is 0.497 e. The first-order chi connectivity index (χ1) is 12.4. The van der Waals surface area contributed by atoms with Gasteiger partial charge < -0.3 is 19.9 Å². The number of amides is 4. The molecular formula is C18H24N4O4. The average molecular weight is 360 g/mol. The molecule has 2 aliphatic heterocycles. The SMILES string of the molecule is COc1ccc(N2CCN(C(=O)CCC3(C)NC(=O)NC3=O)CC2)cc1. The number of imide groups is 1. The standard InChI is InChI=1S/C18H24N4O4/c1-18(16(24)19-17(25)20-18)8-7-15(23)22-11-9-21(10-12-22)13-3-5-14(26-2)6-4-13/h3-6H,7-12H2,1-2H3,(H2,19,20,24,25). The van der Waals surface area contributed by atoms with Gasteiger partial charge in [-0.2, -0.15) is 0 Å². The van der Waals surface area contributed by atoms with Crippen molar-refractivity contribution in [2.24, 2.45) is 0 Å². The molecule has 0 spiro atoms. The van der Waals surface area contributed by atoms with Crippen LogP contribution in [0.25, 0.3) is 0 Å². The van der Waals surface area contributed by atoms with Gasteiger partial charge in [-0.1, -0.05) is 0 Å². The number of urea groups is 1. The number of hydrogen-bond donors (Lipinski definition) is 2. The Balaban J connectivity index is 1.49. The van der Waals surface area contributed by atoms with Gasteiger partial charge in [0.15, 0.2) is 0 Å². The zero-order valence-corrected chi connectivity index (χ0v) is 15.1. The topological polar surface area (TPSA) is 91.0 Å². The Bertz CT molecular complexity index is 698. The molecule has 1 atom stereocenters. The molecule has 0 saturated carbocycles. The number of ether oxygens (including phenoxy) is 1. The Labute approximate surface area is 152 Å². The summed E-state index contributed by atoms with van der Waals surface area (Å²) in [4.78, 5) is 39.6. The fourth-order valence-electron chi connectivity index (χ4n) is 3.28. The molecule has 2 fully saturated rings. The van der Waals surface area contributed by atoms with Crippen LogP contribution in [0.3, 0.4) is 0 Å². The van der Waals surface area contributed by atoms with E-state index in [0.29, 0.717) is 19.5 Å². The fourth-order valence-corrected chi connectivity index (χ4v) is 3.28.